The molecule has 5 nitrogen and oxygen atoms in total. The molecule has 1 aromatic rings. The summed E-state index contributed by atoms with van der Waals surface area (Å²) in [5.74, 6) is -0.817. The van der Waals surface area contributed by atoms with Crippen LogP contribution >= 0.6 is 0 Å². The van der Waals surface area contributed by atoms with E-state index < -0.39 is 12.0 Å². The maximum atomic E-state index is 12.0. The Balaban J connectivity index is 2.73. The van der Waals surface area contributed by atoms with E-state index in [4.69, 9.17) is 9.84 Å². The summed E-state index contributed by atoms with van der Waals surface area (Å²) < 4.78 is 5.17. The molecule has 1 amide bonds. The van der Waals surface area contributed by atoms with Crippen molar-refractivity contribution < 1.29 is 19.4 Å². The van der Waals surface area contributed by atoms with E-state index in [9.17, 15) is 9.59 Å². The summed E-state index contributed by atoms with van der Waals surface area (Å²) in [7, 11) is 1.54. The van der Waals surface area contributed by atoms with Gasteiger partial charge in [-0.05, 0) is 12.0 Å². The van der Waals surface area contributed by atoms with Gasteiger partial charge in [0.25, 0.3) is 0 Å². The molecule has 110 valence electrons. The van der Waals surface area contributed by atoms with Crippen LogP contribution in [0, 0.1) is 5.92 Å². The average molecular weight is 279 g/mol. The minimum Gasteiger partial charge on any atom is -0.496 e. The third kappa shape index (κ3) is 4.26. The lowest BCUT2D eigenvalue weighted by molar-refractivity contribution is -0.143. The summed E-state index contributed by atoms with van der Waals surface area (Å²) >= 11 is 0. The Morgan fingerprint density at radius 1 is 1.35 bits per heavy atom. The number of carbonyl (C=O) groups is 2. The van der Waals surface area contributed by atoms with Crippen molar-refractivity contribution in [2.45, 2.75) is 32.7 Å². The summed E-state index contributed by atoms with van der Waals surface area (Å²) in [6, 6.07) is 6.33. The molecule has 0 fully saturated rings. The minimum absolute atomic E-state index is 0.101. The topological polar surface area (TPSA) is 75.6 Å². The number of para-hydroxylation sites is 1. The van der Waals surface area contributed by atoms with Gasteiger partial charge in [-0.15, -0.1) is 0 Å². The number of ether oxygens (including phenoxy) is 1. The van der Waals surface area contributed by atoms with E-state index in [-0.39, 0.29) is 18.2 Å². The van der Waals surface area contributed by atoms with E-state index in [2.05, 4.69) is 5.32 Å². The second-order valence-corrected chi connectivity index (χ2v) is 4.76. The third-order valence-corrected chi connectivity index (χ3v) is 3.34. The molecule has 0 spiro atoms. The highest BCUT2D eigenvalue weighted by Crippen LogP contribution is 2.18. The predicted octanol–water partition coefficient (Wildman–Crippen LogP) is 1.85. The molecule has 1 aromatic carbocycles. The Hall–Kier alpha value is -2.04. The number of carbonyl (C=O) groups excluding carboxylic acids is 1. The highest BCUT2D eigenvalue weighted by molar-refractivity contribution is 5.85. The zero-order valence-electron chi connectivity index (χ0n) is 12.1. The van der Waals surface area contributed by atoms with Gasteiger partial charge in [-0.3, -0.25) is 4.79 Å². The Morgan fingerprint density at radius 2 is 2.00 bits per heavy atom. The first-order valence-corrected chi connectivity index (χ1v) is 6.63. The second kappa shape index (κ2) is 7.53. The molecule has 5 heteroatoms. The number of hydrogen-bond donors (Lipinski definition) is 2. The molecule has 2 N–H and O–H groups in total. The van der Waals surface area contributed by atoms with Crippen molar-refractivity contribution in [3.8, 4) is 5.75 Å². The number of carboxylic acids is 1. The van der Waals surface area contributed by atoms with E-state index >= 15 is 0 Å². The number of amides is 1. The lowest BCUT2D eigenvalue weighted by atomic mass is 9.99. The Morgan fingerprint density at radius 3 is 2.55 bits per heavy atom. The first-order valence-electron chi connectivity index (χ1n) is 6.63. The molecule has 0 bridgehead atoms. The van der Waals surface area contributed by atoms with Crippen LogP contribution in [0.5, 0.6) is 5.75 Å². The zero-order valence-corrected chi connectivity index (χ0v) is 12.1. The normalized spacial score (nSPS) is 13.3. The average Bonchev–Trinajstić information content (AvgIpc) is 2.44. The van der Waals surface area contributed by atoms with Gasteiger partial charge in [0.15, 0.2) is 0 Å². The summed E-state index contributed by atoms with van der Waals surface area (Å²) in [5.41, 5.74) is 0.737. The fraction of sp³-hybridized carbons (Fsp3) is 0.467. The zero-order chi connectivity index (χ0) is 15.1. The van der Waals surface area contributed by atoms with Gasteiger partial charge in [0, 0.05) is 5.56 Å². The number of aliphatic carboxylic acids is 1. The third-order valence-electron chi connectivity index (χ3n) is 3.34. The van der Waals surface area contributed by atoms with Crippen LogP contribution in [-0.2, 0) is 16.0 Å². The second-order valence-electron chi connectivity index (χ2n) is 4.76. The lowest BCUT2D eigenvalue weighted by Crippen LogP contribution is -2.45. The fourth-order valence-corrected chi connectivity index (χ4v) is 1.93. The van der Waals surface area contributed by atoms with Crippen LogP contribution in [0.3, 0.4) is 0 Å². The Labute approximate surface area is 118 Å². The van der Waals surface area contributed by atoms with E-state index in [0.29, 0.717) is 12.2 Å². The first-order chi connectivity index (χ1) is 9.49. The van der Waals surface area contributed by atoms with Gasteiger partial charge in [-0.2, -0.15) is 0 Å². The number of benzene rings is 1. The van der Waals surface area contributed by atoms with Gasteiger partial charge in [-0.1, -0.05) is 38.5 Å². The van der Waals surface area contributed by atoms with Crippen LogP contribution in [0.1, 0.15) is 25.8 Å². The molecular formula is C15H21NO4. The van der Waals surface area contributed by atoms with Gasteiger partial charge >= 0.3 is 5.97 Å². The number of nitrogens with one attached hydrogen (secondary N) is 1. The van der Waals surface area contributed by atoms with Gasteiger partial charge in [0.05, 0.1) is 13.5 Å². The molecule has 0 radical (unpaired) electrons. The van der Waals surface area contributed by atoms with Gasteiger partial charge < -0.3 is 15.2 Å². The number of methoxy groups -OCH3 is 1. The Bertz CT molecular complexity index is 473. The summed E-state index contributed by atoms with van der Waals surface area (Å²) in [4.78, 5) is 23.2. The largest absolute Gasteiger partial charge is 0.496 e. The van der Waals surface area contributed by atoms with Crippen molar-refractivity contribution in [3.63, 3.8) is 0 Å². The van der Waals surface area contributed by atoms with Crippen LogP contribution < -0.4 is 10.1 Å². The van der Waals surface area contributed by atoms with Crippen molar-refractivity contribution >= 4 is 11.9 Å². The minimum atomic E-state index is -1.01. The van der Waals surface area contributed by atoms with Crippen LogP contribution in [0.15, 0.2) is 24.3 Å². The molecular weight excluding hydrogens is 258 g/mol. The summed E-state index contributed by atoms with van der Waals surface area (Å²) in [6.45, 7) is 3.70. The molecule has 0 aliphatic carbocycles. The number of rotatable bonds is 7. The molecule has 0 saturated heterocycles. The first kappa shape index (κ1) is 16.0. The number of carboxylic acid groups (broad SMARTS) is 1. The molecule has 2 atom stereocenters. The molecule has 2 unspecified atom stereocenters. The van der Waals surface area contributed by atoms with Crippen LogP contribution in [0.25, 0.3) is 0 Å². The smallest absolute Gasteiger partial charge is 0.326 e. The maximum Gasteiger partial charge on any atom is 0.326 e. The number of hydrogen-bond acceptors (Lipinski definition) is 3. The molecule has 20 heavy (non-hydrogen) atoms. The van der Waals surface area contributed by atoms with Gasteiger partial charge in [0.2, 0.25) is 5.91 Å². The molecule has 1 rings (SSSR count). The van der Waals surface area contributed by atoms with E-state index in [1.807, 2.05) is 26.0 Å². The highest BCUT2D eigenvalue weighted by Gasteiger charge is 2.25. The van der Waals surface area contributed by atoms with Gasteiger partial charge in [0.1, 0.15) is 11.8 Å². The molecule has 0 heterocycles. The van der Waals surface area contributed by atoms with Crippen molar-refractivity contribution in [3.05, 3.63) is 29.8 Å². The summed E-state index contributed by atoms with van der Waals surface area (Å²) in [6.07, 6.45) is 0.788. The van der Waals surface area contributed by atoms with Crippen LogP contribution in [-0.4, -0.2) is 30.1 Å². The maximum absolute atomic E-state index is 12.0. The quantitative estimate of drug-likeness (QED) is 0.798. The highest BCUT2D eigenvalue weighted by atomic mass is 16.5. The monoisotopic (exact) mass is 279 g/mol. The van der Waals surface area contributed by atoms with Crippen LogP contribution in [0.2, 0.25) is 0 Å². The Kier molecular flexibility index (Phi) is 6.03. The molecule has 0 aliphatic rings. The van der Waals surface area contributed by atoms with Crippen molar-refractivity contribution in [1.82, 2.24) is 5.32 Å². The molecule has 0 aliphatic heterocycles. The van der Waals surface area contributed by atoms with Gasteiger partial charge in [-0.25, -0.2) is 4.79 Å². The predicted molar refractivity (Wildman–Crippen MR) is 75.7 cm³/mol. The van der Waals surface area contributed by atoms with Crippen molar-refractivity contribution in [1.29, 1.82) is 0 Å². The van der Waals surface area contributed by atoms with E-state index in [0.717, 1.165) is 5.56 Å². The summed E-state index contributed by atoms with van der Waals surface area (Å²) in [5, 5.41) is 11.7. The van der Waals surface area contributed by atoms with E-state index in [1.54, 1.807) is 12.1 Å². The van der Waals surface area contributed by atoms with Crippen LogP contribution in [0.4, 0.5) is 0 Å². The van der Waals surface area contributed by atoms with E-state index in [1.165, 1.54) is 7.11 Å². The molecule has 0 saturated carbocycles. The lowest BCUT2D eigenvalue weighted by Gasteiger charge is -2.20. The molecule has 0 aromatic heterocycles. The van der Waals surface area contributed by atoms with Crippen molar-refractivity contribution in [2.75, 3.05) is 7.11 Å². The van der Waals surface area contributed by atoms with Crippen molar-refractivity contribution in [2.24, 2.45) is 5.92 Å². The fourth-order valence-electron chi connectivity index (χ4n) is 1.93. The SMILES string of the molecule is CCC(C)C(NC(=O)Cc1ccccc1OC)C(=O)O. The standard InChI is InChI=1S/C15H21NO4/c1-4-10(2)14(15(18)19)16-13(17)9-11-7-5-6-8-12(11)20-3/h5-8,10,14H,4,9H2,1-3H3,(H,16,17)(H,18,19).